The number of aryl methyl sites for hydroxylation is 1. The number of alkyl halides is 3. The van der Waals surface area contributed by atoms with E-state index in [1.807, 2.05) is 31.2 Å². The van der Waals surface area contributed by atoms with Crippen molar-refractivity contribution in [1.29, 1.82) is 0 Å². The van der Waals surface area contributed by atoms with Gasteiger partial charge in [-0.05, 0) is 35.2 Å². The Kier molecular flexibility index (Phi) is 4.53. The van der Waals surface area contributed by atoms with E-state index < -0.39 is 12.4 Å². The lowest BCUT2D eigenvalue weighted by Gasteiger charge is -2.17. The van der Waals surface area contributed by atoms with Crippen molar-refractivity contribution in [2.45, 2.75) is 25.7 Å². The van der Waals surface area contributed by atoms with Crippen LogP contribution in [0.2, 0.25) is 0 Å². The van der Waals surface area contributed by atoms with Gasteiger partial charge >= 0.3 is 6.36 Å². The summed E-state index contributed by atoms with van der Waals surface area (Å²) in [5.41, 5.74) is 8.75. The fraction of sp³-hybridized carbons (Fsp3) is 0.250. The highest BCUT2D eigenvalue weighted by molar-refractivity contribution is 5.40. The Balaban J connectivity index is 2.31. The van der Waals surface area contributed by atoms with Crippen molar-refractivity contribution in [3.05, 3.63) is 65.2 Å². The van der Waals surface area contributed by atoms with Crippen LogP contribution < -0.4 is 10.5 Å². The zero-order valence-corrected chi connectivity index (χ0v) is 11.5. The third kappa shape index (κ3) is 3.98. The number of ether oxygens (including phenoxy) is 1. The van der Waals surface area contributed by atoms with Crippen LogP contribution in [0.3, 0.4) is 0 Å². The molecule has 21 heavy (non-hydrogen) atoms. The molecule has 0 radical (unpaired) electrons. The number of halogens is 3. The second-order valence-electron chi connectivity index (χ2n) is 4.65. The molecule has 0 saturated heterocycles. The molecule has 0 bridgehead atoms. The summed E-state index contributed by atoms with van der Waals surface area (Å²) >= 11 is 0. The van der Waals surface area contributed by atoms with Gasteiger partial charge in [-0.25, -0.2) is 0 Å². The predicted molar refractivity (Wildman–Crippen MR) is 75.0 cm³/mol. The molecular formula is C16H16F3NO. The van der Waals surface area contributed by atoms with E-state index in [0.717, 1.165) is 17.5 Å². The highest BCUT2D eigenvalue weighted by Gasteiger charge is 2.31. The Hall–Kier alpha value is -2.01. The van der Waals surface area contributed by atoms with E-state index in [-0.39, 0.29) is 5.75 Å². The Morgan fingerprint density at radius 2 is 1.81 bits per heavy atom. The van der Waals surface area contributed by atoms with E-state index in [1.165, 1.54) is 18.2 Å². The van der Waals surface area contributed by atoms with Crippen molar-refractivity contribution in [3.8, 4) is 5.75 Å². The molecule has 2 aromatic rings. The molecule has 0 spiro atoms. The average molecular weight is 295 g/mol. The van der Waals surface area contributed by atoms with Gasteiger partial charge in [-0.15, -0.1) is 13.2 Å². The van der Waals surface area contributed by atoms with Crippen LogP contribution in [0.4, 0.5) is 13.2 Å². The molecule has 0 fully saturated rings. The summed E-state index contributed by atoms with van der Waals surface area (Å²) in [6, 6.07) is 12.9. The number of nitrogens with two attached hydrogens (primary N) is 1. The van der Waals surface area contributed by atoms with E-state index in [2.05, 4.69) is 4.74 Å². The van der Waals surface area contributed by atoms with Gasteiger partial charge in [-0.2, -0.15) is 0 Å². The van der Waals surface area contributed by atoms with Gasteiger partial charge in [0.2, 0.25) is 0 Å². The molecule has 0 aromatic heterocycles. The van der Waals surface area contributed by atoms with E-state index in [1.54, 1.807) is 6.07 Å². The highest BCUT2D eigenvalue weighted by Crippen LogP contribution is 2.28. The SMILES string of the molecule is CCc1ccccc1C(N)c1cccc(OC(F)(F)F)c1. The number of hydrogen-bond donors (Lipinski definition) is 1. The molecule has 2 nitrogen and oxygen atoms in total. The largest absolute Gasteiger partial charge is 0.573 e. The van der Waals surface area contributed by atoms with Crippen molar-refractivity contribution in [3.63, 3.8) is 0 Å². The average Bonchev–Trinajstić information content (AvgIpc) is 2.45. The first-order valence-electron chi connectivity index (χ1n) is 6.60. The smallest absolute Gasteiger partial charge is 0.406 e. The topological polar surface area (TPSA) is 35.2 Å². The van der Waals surface area contributed by atoms with E-state index >= 15 is 0 Å². The van der Waals surface area contributed by atoms with Gasteiger partial charge < -0.3 is 10.5 Å². The zero-order valence-electron chi connectivity index (χ0n) is 11.5. The summed E-state index contributed by atoms with van der Waals surface area (Å²) in [6.07, 6.45) is -3.90. The van der Waals surface area contributed by atoms with Crippen molar-refractivity contribution in [1.82, 2.24) is 0 Å². The van der Waals surface area contributed by atoms with Crippen LogP contribution in [0.5, 0.6) is 5.75 Å². The Bertz CT molecular complexity index is 610. The summed E-state index contributed by atoms with van der Waals surface area (Å²) in [7, 11) is 0. The summed E-state index contributed by atoms with van der Waals surface area (Å²) in [6.45, 7) is 2.01. The molecule has 0 amide bonds. The fourth-order valence-corrected chi connectivity index (χ4v) is 2.24. The van der Waals surface area contributed by atoms with Gasteiger partial charge in [-0.1, -0.05) is 43.3 Å². The first-order chi connectivity index (χ1) is 9.90. The maximum absolute atomic E-state index is 12.3. The molecule has 0 aliphatic heterocycles. The maximum Gasteiger partial charge on any atom is 0.573 e. The minimum atomic E-state index is -4.70. The lowest BCUT2D eigenvalue weighted by Crippen LogP contribution is -2.18. The van der Waals surface area contributed by atoms with Crippen molar-refractivity contribution >= 4 is 0 Å². The van der Waals surface area contributed by atoms with E-state index in [0.29, 0.717) is 5.56 Å². The fourth-order valence-electron chi connectivity index (χ4n) is 2.24. The standard InChI is InChI=1S/C16H16F3NO/c1-2-11-6-3-4-9-14(11)15(20)12-7-5-8-13(10-12)21-16(17,18)19/h3-10,15H,2,20H2,1H3. The van der Waals surface area contributed by atoms with Gasteiger partial charge in [0, 0.05) is 0 Å². The minimum Gasteiger partial charge on any atom is -0.406 e. The number of rotatable bonds is 4. The van der Waals surface area contributed by atoms with Gasteiger partial charge in [0.05, 0.1) is 6.04 Å². The third-order valence-electron chi connectivity index (χ3n) is 3.22. The minimum absolute atomic E-state index is 0.260. The maximum atomic E-state index is 12.3. The van der Waals surface area contributed by atoms with Gasteiger partial charge in [0.25, 0.3) is 0 Å². The van der Waals surface area contributed by atoms with Crippen LogP contribution in [-0.2, 0) is 6.42 Å². The first-order valence-corrected chi connectivity index (χ1v) is 6.60. The second kappa shape index (κ2) is 6.18. The number of benzene rings is 2. The first kappa shape index (κ1) is 15.4. The zero-order chi connectivity index (χ0) is 15.5. The lowest BCUT2D eigenvalue weighted by atomic mass is 9.94. The Labute approximate surface area is 121 Å². The molecule has 112 valence electrons. The molecule has 0 aliphatic carbocycles. The number of hydrogen-bond acceptors (Lipinski definition) is 2. The highest BCUT2D eigenvalue weighted by atomic mass is 19.4. The summed E-state index contributed by atoms with van der Waals surface area (Å²) < 4.78 is 40.7. The summed E-state index contributed by atoms with van der Waals surface area (Å²) in [5, 5.41) is 0. The molecule has 5 heteroatoms. The van der Waals surface area contributed by atoms with Crippen molar-refractivity contribution < 1.29 is 17.9 Å². The molecule has 0 saturated carbocycles. The molecule has 2 rings (SSSR count). The van der Waals surface area contributed by atoms with Crippen molar-refractivity contribution in [2.24, 2.45) is 5.73 Å². The molecule has 2 aromatic carbocycles. The predicted octanol–water partition coefficient (Wildman–Crippen LogP) is 4.20. The van der Waals surface area contributed by atoms with Gasteiger partial charge in [0.1, 0.15) is 5.75 Å². The third-order valence-corrected chi connectivity index (χ3v) is 3.22. The molecule has 2 N–H and O–H groups in total. The van der Waals surface area contributed by atoms with E-state index in [4.69, 9.17) is 5.73 Å². The molecule has 0 heterocycles. The lowest BCUT2D eigenvalue weighted by molar-refractivity contribution is -0.274. The van der Waals surface area contributed by atoms with E-state index in [9.17, 15) is 13.2 Å². The van der Waals surface area contributed by atoms with Crippen LogP contribution in [0, 0.1) is 0 Å². The second-order valence-corrected chi connectivity index (χ2v) is 4.65. The van der Waals surface area contributed by atoms with Crippen LogP contribution in [0.1, 0.15) is 29.7 Å². The van der Waals surface area contributed by atoms with Crippen LogP contribution in [0.25, 0.3) is 0 Å². The normalized spacial score (nSPS) is 13.0. The quantitative estimate of drug-likeness (QED) is 0.917. The monoisotopic (exact) mass is 295 g/mol. The summed E-state index contributed by atoms with van der Waals surface area (Å²) in [4.78, 5) is 0. The molecule has 0 aliphatic rings. The van der Waals surface area contributed by atoms with Crippen molar-refractivity contribution in [2.75, 3.05) is 0 Å². The Morgan fingerprint density at radius 3 is 2.48 bits per heavy atom. The van der Waals surface area contributed by atoms with Gasteiger partial charge in [-0.3, -0.25) is 0 Å². The Morgan fingerprint density at radius 1 is 1.10 bits per heavy atom. The summed E-state index contributed by atoms with van der Waals surface area (Å²) in [5.74, 6) is -0.260. The van der Waals surface area contributed by atoms with Crippen LogP contribution >= 0.6 is 0 Å². The van der Waals surface area contributed by atoms with Crippen LogP contribution in [0.15, 0.2) is 48.5 Å². The molecule has 1 unspecified atom stereocenters. The van der Waals surface area contributed by atoms with Crippen LogP contribution in [-0.4, -0.2) is 6.36 Å². The van der Waals surface area contributed by atoms with Gasteiger partial charge in [0.15, 0.2) is 0 Å². The molecular weight excluding hydrogens is 279 g/mol. The molecule has 1 atom stereocenters.